The first-order chi connectivity index (χ1) is 8.38. The highest BCUT2D eigenvalue weighted by atomic mass is 32.2. The normalized spacial score (nSPS) is 10.1. The molecule has 0 unspecified atom stereocenters. The molecular weight excluding hydrogens is 236 g/mol. The number of thioether (sulfide) groups is 1. The summed E-state index contributed by atoms with van der Waals surface area (Å²) in [7, 11) is 0. The van der Waals surface area contributed by atoms with Crippen molar-refractivity contribution in [1.82, 2.24) is 10.2 Å². The molecule has 2 rings (SSSR count). The van der Waals surface area contributed by atoms with Gasteiger partial charge in [0.05, 0.1) is 0 Å². The van der Waals surface area contributed by atoms with Crippen molar-refractivity contribution in [3.05, 3.63) is 48.9 Å². The van der Waals surface area contributed by atoms with Crippen LogP contribution in [0.25, 0.3) is 0 Å². The fourth-order valence-electron chi connectivity index (χ4n) is 1.15. The Hall–Kier alpha value is -1.75. The molecule has 1 heterocycles. The van der Waals surface area contributed by atoms with Gasteiger partial charge in [0.1, 0.15) is 5.75 Å². The van der Waals surface area contributed by atoms with Crippen LogP contribution < -0.4 is 4.74 Å². The van der Waals surface area contributed by atoms with Crippen LogP contribution in [0.2, 0.25) is 0 Å². The zero-order chi connectivity index (χ0) is 11.9. The van der Waals surface area contributed by atoms with Crippen LogP contribution in [0, 0.1) is 0 Å². The standard InChI is InChI=1S/C12H12N2O2S/c1-2-8-17-12-14-13-11(16-12)9-15-10-6-4-3-5-7-10/h2-7H,1,8-9H2. The Morgan fingerprint density at radius 1 is 1.29 bits per heavy atom. The fourth-order valence-corrected chi connectivity index (χ4v) is 1.66. The highest BCUT2D eigenvalue weighted by molar-refractivity contribution is 7.99. The summed E-state index contributed by atoms with van der Waals surface area (Å²) in [5.41, 5.74) is 0. The van der Waals surface area contributed by atoms with Gasteiger partial charge in [-0.3, -0.25) is 0 Å². The minimum Gasteiger partial charge on any atom is -0.484 e. The highest BCUT2D eigenvalue weighted by Crippen LogP contribution is 2.17. The minimum absolute atomic E-state index is 0.283. The molecule has 17 heavy (non-hydrogen) atoms. The van der Waals surface area contributed by atoms with Gasteiger partial charge in [-0.25, -0.2) is 0 Å². The molecule has 0 amide bonds. The lowest BCUT2D eigenvalue weighted by Gasteiger charge is -2.01. The molecule has 0 bridgehead atoms. The van der Waals surface area contributed by atoms with E-state index in [2.05, 4.69) is 16.8 Å². The summed E-state index contributed by atoms with van der Waals surface area (Å²) in [4.78, 5) is 0. The van der Waals surface area contributed by atoms with Crippen LogP contribution in [0.3, 0.4) is 0 Å². The number of aromatic nitrogens is 2. The number of rotatable bonds is 6. The summed E-state index contributed by atoms with van der Waals surface area (Å²) < 4.78 is 10.9. The third-order valence-corrected chi connectivity index (χ3v) is 2.69. The SMILES string of the molecule is C=CCSc1nnc(COc2ccccc2)o1. The van der Waals surface area contributed by atoms with Crippen molar-refractivity contribution in [2.75, 3.05) is 5.75 Å². The van der Waals surface area contributed by atoms with Gasteiger partial charge in [0.15, 0.2) is 6.61 Å². The first kappa shape index (κ1) is 11.7. The van der Waals surface area contributed by atoms with E-state index in [1.807, 2.05) is 30.3 Å². The maximum atomic E-state index is 5.48. The van der Waals surface area contributed by atoms with E-state index in [4.69, 9.17) is 9.15 Å². The maximum Gasteiger partial charge on any atom is 0.277 e. The summed E-state index contributed by atoms with van der Waals surface area (Å²) in [6.07, 6.45) is 1.79. The molecule has 0 aliphatic carbocycles. The van der Waals surface area contributed by atoms with Crippen molar-refractivity contribution >= 4 is 11.8 Å². The summed E-state index contributed by atoms with van der Waals surface area (Å²) >= 11 is 1.45. The number of nitrogens with zero attached hydrogens (tertiary/aromatic N) is 2. The van der Waals surface area contributed by atoms with Crippen molar-refractivity contribution in [2.24, 2.45) is 0 Å². The lowest BCUT2D eigenvalue weighted by atomic mass is 10.3. The average Bonchev–Trinajstić information content (AvgIpc) is 2.83. The molecule has 88 valence electrons. The summed E-state index contributed by atoms with van der Waals surface area (Å²) in [5, 5.41) is 8.31. The molecule has 1 aromatic heterocycles. The second-order valence-electron chi connectivity index (χ2n) is 3.16. The van der Waals surface area contributed by atoms with Gasteiger partial charge in [-0.15, -0.1) is 16.8 Å². The van der Waals surface area contributed by atoms with Crippen molar-refractivity contribution < 1.29 is 9.15 Å². The fraction of sp³-hybridized carbons (Fsp3) is 0.167. The van der Waals surface area contributed by atoms with E-state index in [-0.39, 0.29) is 6.61 Å². The molecule has 0 radical (unpaired) electrons. The van der Waals surface area contributed by atoms with E-state index < -0.39 is 0 Å². The Balaban J connectivity index is 1.87. The van der Waals surface area contributed by atoms with Gasteiger partial charge >= 0.3 is 0 Å². The predicted molar refractivity (Wildman–Crippen MR) is 66.0 cm³/mol. The first-order valence-electron chi connectivity index (χ1n) is 5.12. The van der Waals surface area contributed by atoms with Gasteiger partial charge in [0, 0.05) is 5.75 Å². The van der Waals surface area contributed by atoms with Gasteiger partial charge in [-0.1, -0.05) is 36.0 Å². The molecule has 0 aliphatic rings. The molecular formula is C12H12N2O2S. The largest absolute Gasteiger partial charge is 0.484 e. The Bertz CT molecular complexity index is 470. The lowest BCUT2D eigenvalue weighted by Crippen LogP contribution is -1.95. The monoisotopic (exact) mass is 248 g/mol. The van der Waals surface area contributed by atoms with Crippen molar-refractivity contribution in [2.45, 2.75) is 11.8 Å². The van der Waals surface area contributed by atoms with Gasteiger partial charge in [-0.05, 0) is 12.1 Å². The molecule has 5 heteroatoms. The van der Waals surface area contributed by atoms with E-state index in [0.29, 0.717) is 11.1 Å². The van der Waals surface area contributed by atoms with Crippen LogP contribution in [0.5, 0.6) is 5.75 Å². The Morgan fingerprint density at radius 2 is 2.12 bits per heavy atom. The molecule has 2 aromatic rings. The number of hydrogen-bond donors (Lipinski definition) is 0. The van der Waals surface area contributed by atoms with Crippen LogP contribution in [-0.2, 0) is 6.61 Å². The third-order valence-electron chi connectivity index (χ3n) is 1.88. The van der Waals surface area contributed by atoms with E-state index in [0.717, 1.165) is 11.5 Å². The van der Waals surface area contributed by atoms with Crippen LogP contribution in [-0.4, -0.2) is 16.0 Å². The van der Waals surface area contributed by atoms with E-state index in [1.165, 1.54) is 11.8 Å². The maximum absolute atomic E-state index is 5.48. The zero-order valence-electron chi connectivity index (χ0n) is 9.20. The smallest absolute Gasteiger partial charge is 0.277 e. The second kappa shape index (κ2) is 6.10. The molecule has 0 saturated carbocycles. The number of benzene rings is 1. The molecule has 0 fully saturated rings. The van der Waals surface area contributed by atoms with E-state index in [1.54, 1.807) is 6.08 Å². The molecule has 1 aromatic carbocycles. The molecule has 4 nitrogen and oxygen atoms in total. The highest BCUT2D eigenvalue weighted by Gasteiger charge is 2.06. The minimum atomic E-state index is 0.283. The zero-order valence-corrected chi connectivity index (χ0v) is 10.0. The molecule has 0 aliphatic heterocycles. The van der Waals surface area contributed by atoms with Crippen LogP contribution in [0.1, 0.15) is 5.89 Å². The van der Waals surface area contributed by atoms with Gasteiger partial charge < -0.3 is 9.15 Å². The third kappa shape index (κ3) is 3.64. The Morgan fingerprint density at radius 3 is 2.88 bits per heavy atom. The Labute approximate surface area is 104 Å². The lowest BCUT2D eigenvalue weighted by molar-refractivity contribution is 0.252. The van der Waals surface area contributed by atoms with Crippen molar-refractivity contribution in [1.29, 1.82) is 0 Å². The number of para-hydroxylation sites is 1. The van der Waals surface area contributed by atoms with Gasteiger partial charge in [-0.2, -0.15) is 0 Å². The van der Waals surface area contributed by atoms with Crippen LogP contribution >= 0.6 is 11.8 Å². The van der Waals surface area contributed by atoms with Gasteiger partial charge in [0.2, 0.25) is 0 Å². The quantitative estimate of drug-likeness (QED) is 0.581. The molecule has 0 N–H and O–H groups in total. The molecule has 0 atom stereocenters. The van der Waals surface area contributed by atoms with E-state index in [9.17, 15) is 0 Å². The van der Waals surface area contributed by atoms with Crippen molar-refractivity contribution in [3.63, 3.8) is 0 Å². The second-order valence-corrected chi connectivity index (χ2v) is 4.13. The molecule has 0 spiro atoms. The van der Waals surface area contributed by atoms with Crippen molar-refractivity contribution in [3.8, 4) is 5.75 Å². The summed E-state index contributed by atoms with van der Waals surface area (Å²) in [6.45, 7) is 3.91. The van der Waals surface area contributed by atoms with E-state index >= 15 is 0 Å². The number of ether oxygens (including phenoxy) is 1. The van der Waals surface area contributed by atoms with Gasteiger partial charge in [0.25, 0.3) is 11.1 Å². The summed E-state index contributed by atoms with van der Waals surface area (Å²) in [5.74, 6) is 2.01. The summed E-state index contributed by atoms with van der Waals surface area (Å²) in [6, 6.07) is 9.51. The first-order valence-corrected chi connectivity index (χ1v) is 6.11. The average molecular weight is 248 g/mol. The topological polar surface area (TPSA) is 48.2 Å². The van der Waals surface area contributed by atoms with Crippen LogP contribution in [0.15, 0.2) is 52.6 Å². The predicted octanol–water partition coefficient (Wildman–Crippen LogP) is 2.93. The van der Waals surface area contributed by atoms with Crippen LogP contribution in [0.4, 0.5) is 0 Å². The molecule has 0 saturated heterocycles. The number of hydrogen-bond acceptors (Lipinski definition) is 5. The Kier molecular flexibility index (Phi) is 4.21.